The molecule has 0 fully saturated rings. The third-order valence-electron chi connectivity index (χ3n) is 5.26. The Morgan fingerprint density at radius 1 is 1.07 bits per heavy atom. The second-order valence-electron chi connectivity index (χ2n) is 7.76. The van der Waals surface area contributed by atoms with Crippen LogP contribution < -0.4 is 5.43 Å². The highest BCUT2D eigenvalue weighted by Gasteiger charge is 2.42. The standard InChI is InChI=1S/C24H25NO4/c1-15(2)28-14-6-13-25-21(17-11-9-16(3)10-12-17)20-22(26)18-7-4-5-8-19(18)29-23(20)24(25)27/h4-5,7-12,15,21H,6,13-14H2,1-3H3/t21-/m0/s1. The van der Waals surface area contributed by atoms with E-state index in [4.69, 9.17) is 9.15 Å². The number of rotatable bonds is 6. The number of ether oxygens (including phenoxy) is 1. The van der Waals surface area contributed by atoms with E-state index in [1.807, 2.05) is 51.1 Å². The number of hydrogen-bond acceptors (Lipinski definition) is 4. The lowest BCUT2D eigenvalue weighted by atomic mass is 9.97. The molecule has 1 amide bonds. The maximum atomic E-state index is 13.3. The van der Waals surface area contributed by atoms with Crippen LogP contribution in [-0.4, -0.2) is 30.1 Å². The molecule has 150 valence electrons. The Morgan fingerprint density at radius 3 is 2.52 bits per heavy atom. The molecule has 1 aliphatic rings. The van der Waals surface area contributed by atoms with Gasteiger partial charge in [0.2, 0.25) is 5.76 Å². The van der Waals surface area contributed by atoms with Gasteiger partial charge in [0.1, 0.15) is 5.58 Å². The molecule has 1 aliphatic heterocycles. The molecular weight excluding hydrogens is 366 g/mol. The third kappa shape index (κ3) is 3.58. The van der Waals surface area contributed by atoms with E-state index in [1.54, 1.807) is 23.1 Å². The summed E-state index contributed by atoms with van der Waals surface area (Å²) in [6.45, 7) is 7.03. The summed E-state index contributed by atoms with van der Waals surface area (Å²) in [6, 6.07) is 14.6. The van der Waals surface area contributed by atoms with Crippen molar-refractivity contribution in [2.45, 2.75) is 39.3 Å². The van der Waals surface area contributed by atoms with Gasteiger partial charge >= 0.3 is 0 Å². The zero-order valence-corrected chi connectivity index (χ0v) is 17.0. The lowest BCUT2D eigenvalue weighted by Gasteiger charge is -2.25. The van der Waals surface area contributed by atoms with E-state index in [9.17, 15) is 9.59 Å². The van der Waals surface area contributed by atoms with Crippen molar-refractivity contribution in [3.05, 3.63) is 81.2 Å². The molecule has 5 nitrogen and oxygen atoms in total. The number of hydrogen-bond donors (Lipinski definition) is 0. The molecule has 0 saturated carbocycles. The molecule has 1 atom stereocenters. The molecule has 5 heteroatoms. The van der Waals surface area contributed by atoms with E-state index in [1.165, 1.54) is 0 Å². The zero-order chi connectivity index (χ0) is 20.5. The second kappa shape index (κ2) is 7.84. The van der Waals surface area contributed by atoms with Gasteiger partial charge in [-0.3, -0.25) is 9.59 Å². The predicted octanol–water partition coefficient (Wildman–Crippen LogP) is 4.46. The molecule has 1 aromatic heterocycles. The van der Waals surface area contributed by atoms with Crippen molar-refractivity contribution >= 4 is 16.9 Å². The van der Waals surface area contributed by atoms with Gasteiger partial charge in [-0.1, -0.05) is 42.0 Å². The van der Waals surface area contributed by atoms with E-state index in [2.05, 4.69) is 0 Å². The van der Waals surface area contributed by atoms with Gasteiger partial charge in [-0.2, -0.15) is 0 Å². The average molecular weight is 391 g/mol. The van der Waals surface area contributed by atoms with E-state index >= 15 is 0 Å². The fourth-order valence-corrected chi connectivity index (χ4v) is 3.85. The summed E-state index contributed by atoms with van der Waals surface area (Å²) >= 11 is 0. The van der Waals surface area contributed by atoms with Crippen molar-refractivity contribution < 1.29 is 13.9 Å². The van der Waals surface area contributed by atoms with Crippen molar-refractivity contribution in [3.63, 3.8) is 0 Å². The molecule has 0 unspecified atom stereocenters. The Bertz CT molecular complexity index is 1100. The quantitative estimate of drug-likeness (QED) is 0.582. The van der Waals surface area contributed by atoms with Crippen LogP contribution in [0.5, 0.6) is 0 Å². The van der Waals surface area contributed by atoms with Crippen molar-refractivity contribution in [2.24, 2.45) is 0 Å². The van der Waals surface area contributed by atoms with Gasteiger partial charge in [-0.15, -0.1) is 0 Å². The minimum atomic E-state index is -0.446. The smallest absolute Gasteiger partial charge is 0.290 e. The van der Waals surface area contributed by atoms with Crippen molar-refractivity contribution in [1.29, 1.82) is 0 Å². The predicted molar refractivity (Wildman–Crippen MR) is 112 cm³/mol. The molecular formula is C24H25NO4. The molecule has 3 aromatic rings. The van der Waals surface area contributed by atoms with Crippen LogP contribution in [0.15, 0.2) is 57.7 Å². The number of nitrogens with zero attached hydrogens (tertiary/aromatic N) is 1. The van der Waals surface area contributed by atoms with Crippen LogP contribution in [0.2, 0.25) is 0 Å². The monoisotopic (exact) mass is 391 g/mol. The van der Waals surface area contributed by atoms with Crippen LogP contribution in [0.4, 0.5) is 0 Å². The Balaban J connectivity index is 1.79. The molecule has 4 rings (SSSR count). The summed E-state index contributed by atoms with van der Waals surface area (Å²) in [6.07, 6.45) is 0.830. The fraction of sp³-hybridized carbons (Fsp3) is 0.333. The lowest BCUT2D eigenvalue weighted by Crippen LogP contribution is -2.31. The topological polar surface area (TPSA) is 59.8 Å². The van der Waals surface area contributed by atoms with Gasteiger partial charge in [-0.05, 0) is 44.9 Å². The normalized spacial score (nSPS) is 16.1. The lowest BCUT2D eigenvalue weighted by molar-refractivity contribution is 0.0593. The maximum Gasteiger partial charge on any atom is 0.290 e. The molecule has 0 spiro atoms. The SMILES string of the molecule is Cc1ccc([C@H]2c3c(oc4ccccc4c3=O)C(=O)N2CCCOC(C)C)cc1. The highest BCUT2D eigenvalue weighted by molar-refractivity contribution is 5.99. The van der Waals surface area contributed by atoms with Crippen LogP contribution in [0.25, 0.3) is 11.0 Å². The third-order valence-corrected chi connectivity index (χ3v) is 5.26. The van der Waals surface area contributed by atoms with Crippen LogP contribution in [0, 0.1) is 6.92 Å². The fourth-order valence-electron chi connectivity index (χ4n) is 3.85. The zero-order valence-electron chi connectivity index (χ0n) is 17.0. The molecule has 2 heterocycles. The van der Waals surface area contributed by atoms with Gasteiger partial charge in [0, 0.05) is 13.2 Å². The first-order chi connectivity index (χ1) is 14.0. The average Bonchev–Trinajstić information content (AvgIpc) is 2.98. The Kier molecular flexibility index (Phi) is 5.24. The largest absolute Gasteiger partial charge is 0.450 e. The van der Waals surface area contributed by atoms with Crippen molar-refractivity contribution in [2.75, 3.05) is 13.2 Å². The summed E-state index contributed by atoms with van der Waals surface area (Å²) in [5, 5.41) is 0.501. The maximum absolute atomic E-state index is 13.3. The minimum Gasteiger partial charge on any atom is -0.450 e. The molecule has 0 radical (unpaired) electrons. The first-order valence-electron chi connectivity index (χ1n) is 10.0. The Morgan fingerprint density at radius 2 is 1.79 bits per heavy atom. The molecule has 0 aliphatic carbocycles. The molecule has 0 N–H and O–H groups in total. The van der Waals surface area contributed by atoms with Crippen LogP contribution in [-0.2, 0) is 4.74 Å². The summed E-state index contributed by atoms with van der Waals surface area (Å²) < 4.78 is 11.6. The Hall–Kier alpha value is -2.92. The molecule has 0 saturated heterocycles. The number of fused-ring (bicyclic) bond motifs is 2. The van der Waals surface area contributed by atoms with E-state index < -0.39 is 6.04 Å². The number of para-hydroxylation sites is 1. The van der Waals surface area contributed by atoms with E-state index in [-0.39, 0.29) is 23.2 Å². The van der Waals surface area contributed by atoms with Gasteiger partial charge < -0.3 is 14.1 Å². The van der Waals surface area contributed by atoms with Crippen molar-refractivity contribution in [3.8, 4) is 0 Å². The first kappa shape index (κ1) is 19.4. The highest BCUT2D eigenvalue weighted by atomic mass is 16.5. The summed E-state index contributed by atoms with van der Waals surface area (Å²) in [4.78, 5) is 28.3. The number of amides is 1. The Labute approximate surface area is 169 Å². The second-order valence-corrected chi connectivity index (χ2v) is 7.76. The van der Waals surface area contributed by atoms with Gasteiger partial charge in [0.15, 0.2) is 5.43 Å². The summed E-state index contributed by atoms with van der Waals surface area (Å²) in [5.41, 5.74) is 2.78. The number of benzene rings is 2. The molecule has 2 aromatic carbocycles. The molecule has 29 heavy (non-hydrogen) atoms. The summed E-state index contributed by atoms with van der Waals surface area (Å²) in [5.74, 6) is -0.0815. The summed E-state index contributed by atoms with van der Waals surface area (Å²) in [7, 11) is 0. The molecule has 0 bridgehead atoms. The van der Waals surface area contributed by atoms with E-state index in [0.29, 0.717) is 36.1 Å². The van der Waals surface area contributed by atoms with E-state index in [0.717, 1.165) is 11.1 Å². The van der Waals surface area contributed by atoms with Gasteiger partial charge in [-0.25, -0.2) is 0 Å². The number of carbonyl (C=O) groups excluding carboxylic acids is 1. The number of carbonyl (C=O) groups is 1. The van der Waals surface area contributed by atoms with Crippen LogP contribution in [0.1, 0.15) is 53.6 Å². The number of aryl methyl sites for hydroxylation is 1. The minimum absolute atomic E-state index is 0.137. The van der Waals surface area contributed by atoms with Gasteiger partial charge in [0.05, 0.1) is 23.1 Å². The van der Waals surface area contributed by atoms with Crippen LogP contribution in [0.3, 0.4) is 0 Å². The highest BCUT2D eigenvalue weighted by Crippen LogP contribution is 2.38. The van der Waals surface area contributed by atoms with Crippen molar-refractivity contribution in [1.82, 2.24) is 4.90 Å². The van der Waals surface area contributed by atoms with Crippen LogP contribution >= 0.6 is 0 Å². The first-order valence-corrected chi connectivity index (χ1v) is 10.0. The van der Waals surface area contributed by atoms with Gasteiger partial charge in [0.25, 0.3) is 5.91 Å².